The minimum atomic E-state index is -2.09. The molecule has 0 aromatic rings. The standard InChI is InChI=1S/C8H11NO8.C4H12N2O/c10-4(11)2-1-3(6(12)13)9-5(7(14)15)8(16)17;5-1-2-6-3-4-7/h3,5,9H,1-2H2,(H,10,11)(H,12,13)(H,14,15)(H,16,17);6-7H,1-5H2/t3-;/m0./s1. The molecule has 0 saturated carbocycles. The molecule has 0 amide bonds. The van der Waals surface area contributed by atoms with Crippen molar-refractivity contribution >= 4 is 23.9 Å². The number of carboxylic acid groups (broad SMARTS) is 4. The van der Waals surface area contributed by atoms with E-state index in [-0.39, 0.29) is 6.61 Å². The maximum atomic E-state index is 10.7. The van der Waals surface area contributed by atoms with Crippen molar-refractivity contribution in [2.45, 2.75) is 24.9 Å². The largest absolute Gasteiger partial charge is 0.481 e. The summed E-state index contributed by atoms with van der Waals surface area (Å²) in [5.41, 5.74) is 5.13. The molecule has 0 heterocycles. The molecule has 12 heteroatoms. The molecule has 0 bridgehead atoms. The number of rotatable bonds is 12. The van der Waals surface area contributed by atoms with Gasteiger partial charge in [-0.2, -0.15) is 0 Å². The lowest BCUT2D eigenvalue weighted by Crippen LogP contribution is -2.51. The van der Waals surface area contributed by atoms with Crippen LogP contribution in [0.4, 0.5) is 0 Å². The van der Waals surface area contributed by atoms with Crippen LogP contribution in [0.1, 0.15) is 12.8 Å². The second-order valence-electron chi connectivity index (χ2n) is 4.36. The first-order valence-electron chi connectivity index (χ1n) is 6.85. The fourth-order valence-corrected chi connectivity index (χ4v) is 1.30. The Labute approximate surface area is 137 Å². The molecular weight excluding hydrogens is 330 g/mol. The molecule has 0 aliphatic rings. The molecule has 0 aromatic heterocycles. The summed E-state index contributed by atoms with van der Waals surface area (Å²) in [5, 5.41) is 46.9. The Morgan fingerprint density at radius 1 is 0.917 bits per heavy atom. The van der Waals surface area contributed by atoms with Crippen molar-refractivity contribution in [1.82, 2.24) is 10.6 Å². The summed E-state index contributed by atoms with van der Waals surface area (Å²) >= 11 is 0. The van der Waals surface area contributed by atoms with E-state index >= 15 is 0 Å². The van der Waals surface area contributed by atoms with Crippen LogP contribution < -0.4 is 16.4 Å². The molecule has 12 nitrogen and oxygen atoms in total. The minimum Gasteiger partial charge on any atom is -0.481 e. The Morgan fingerprint density at radius 3 is 1.79 bits per heavy atom. The van der Waals surface area contributed by atoms with Gasteiger partial charge in [-0.15, -0.1) is 0 Å². The highest BCUT2D eigenvalue weighted by Crippen LogP contribution is 2.00. The molecule has 0 aliphatic heterocycles. The molecule has 1 atom stereocenters. The number of aliphatic carboxylic acids is 4. The summed E-state index contributed by atoms with van der Waals surface area (Å²) in [6.45, 7) is 2.28. The molecule has 0 unspecified atom stereocenters. The Morgan fingerprint density at radius 2 is 1.46 bits per heavy atom. The molecule has 0 rings (SSSR count). The van der Waals surface area contributed by atoms with Crippen molar-refractivity contribution in [3.8, 4) is 0 Å². The fraction of sp³-hybridized carbons (Fsp3) is 0.667. The van der Waals surface area contributed by atoms with E-state index in [1.165, 1.54) is 0 Å². The van der Waals surface area contributed by atoms with Crippen LogP contribution in [0.3, 0.4) is 0 Å². The number of aliphatic hydroxyl groups is 1. The van der Waals surface area contributed by atoms with Crippen LogP contribution in [0.2, 0.25) is 0 Å². The number of hydrogen-bond donors (Lipinski definition) is 8. The second kappa shape index (κ2) is 14.3. The van der Waals surface area contributed by atoms with Crippen molar-refractivity contribution in [2.75, 3.05) is 26.2 Å². The lowest BCUT2D eigenvalue weighted by molar-refractivity contribution is -0.152. The van der Waals surface area contributed by atoms with Gasteiger partial charge in [0.05, 0.1) is 6.61 Å². The van der Waals surface area contributed by atoms with Gasteiger partial charge in [0.1, 0.15) is 6.04 Å². The van der Waals surface area contributed by atoms with Gasteiger partial charge < -0.3 is 36.6 Å². The predicted molar refractivity (Wildman–Crippen MR) is 79.5 cm³/mol. The zero-order valence-electron chi connectivity index (χ0n) is 12.8. The number of nitrogens with one attached hydrogen (secondary N) is 2. The quantitative estimate of drug-likeness (QED) is 0.130. The van der Waals surface area contributed by atoms with Crippen molar-refractivity contribution in [3.63, 3.8) is 0 Å². The summed E-state index contributed by atoms with van der Waals surface area (Å²) in [5.74, 6) is -6.28. The number of carbonyl (C=O) groups is 4. The zero-order valence-corrected chi connectivity index (χ0v) is 12.8. The second-order valence-corrected chi connectivity index (χ2v) is 4.36. The molecule has 0 radical (unpaired) electrons. The third-order valence-electron chi connectivity index (χ3n) is 2.42. The van der Waals surface area contributed by atoms with Crippen LogP contribution >= 0.6 is 0 Å². The number of nitrogens with two attached hydrogens (primary N) is 1. The highest BCUT2D eigenvalue weighted by Gasteiger charge is 2.31. The lowest BCUT2D eigenvalue weighted by atomic mass is 10.1. The molecule has 24 heavy (non-hydrogen) atoms. The van der Waals surface area contributed by atoms with E-state index in [0.29, 0.717) is 13.1 Å². The van der Waals surface area contributed by atoms with Crippen molar-refractivity contribution in [2.24, 2.45) is 5.73 Å². The van der Waals surface area contributed by atoms with Crippen LogP contribution in [0.5, 0.6) is 0 Å². The molecule has 0 saturated heterocycles. The van der Waals surface area contributed by atoms with Crippen molar-refractivity contribution in [3.05, 3.63) is 0 Å². The Balaban J connectivity index is 0. The summed E-state index contributed by atoms with van der Waals surface area (Å²) < 4.78 is 0. The van der Waals surface area contributed by atoms with E-state index in [2.05, 4.69) is 5.32 Å². The third kappa shape index (κ3) is 13.4. The topological polar surface area (TPSA) is 220 Å². The van der Waals surface area contributed by atoms with E-state index < -0.39 is 48.8 Å². The van der Waals surface area contributed by atoms with Gasteiger partial charge in [-0.05, 0) is 6.42 Å². The van der Waals surface area contributed by atoms with Gasteiger partial charge in [-0.25, -0.2) is 9.59 Å². The van der Waals surface area contributed by atoms with Crippen LogP contribution in [0.15, 0.2) is 0 Å². The summed E-state index contributed by atoms with van der Waals surface area (Å²) in [7, 11) is 0. The Kier molecular flexibility index (Phi) is 14.3. The number of carboxylic acids is 4. The van der Waals surface area contributed by atoms with E-state index in [9.17, 15) is 19.2 Å². The Bertz CT molecular complexity index is 399. The van der Waals surface area contributed by atoms with Crippen LogP contribution in [-0.2, 0) is 19.2 Å². The van der Waals surface area contributed by atoms with Gasteiger partial charge in [0.2, 0.25) is 6.04 Å². The first kappa shape index (κ1) is 24.0. The van der Waals surface area contributed by atoms with Gasteiger partial charge in [-0.1, -0.05) is 0 Å². The summed E-state index contributed by atoms with van der Waals surface area (Å²) in [4.78, 5) is 41.8. The molecule has 0 fully saturated rings. The van der Waals surface area contributed by atoms with E-state index in [4.69, 9.17) is 31.3 Å². The molecule has 0 spiro atoms. The van der Waals surface area contributed by atoms with Crippen LogP contribution in [0.25, 0.3) is 0 Å². The van der Waals surface area contributed by atoms with Gasteiger partial charge in [0.15, 0.2) is 0 Å². The van der Waals surface area contributed by atoms with E-state index in [1.54, 1.807) is 0 Å². The first-order chi connectivity index (χ1) is 11.2. The van der Waals surface area contributed by atoms with Gasteiger partial charge >= 0.3 is 23.9 Å². The molecule has 140 valence electrons. The molecule has 0 aromatic carbocycles. The number of aliphatic hydroxyl groups excluding tert-OH is 1. The van der Waals surface area contributed by atoms with Crippen LogP contribution in [-0.4, -0.2) is 87.7 Å². The summed E-state index contributed by atoms with van der Waals surface area (Å²) in [6, 6.07) is -3.65. The highest BCUT2D eigenvalue weighted by atomic mass is 16.4. The van der Waals surface area contributed by atoms with Crippen LogP contribution in [0, 0.1) is 0 Å². The van der Waals surface area contributed by atoms with E-state index in [1.807, 2.05) is 5.32 Å². The van der Waals surface area contributed by atoms with Crippen molar-refractivity contribution in [1.29, 1.82) is 0 Å². The predicted octanol–water partition coefficient (Wildman–Crippen LogP) is -3.04. The monoisotopic (exact) mass is 353 g/mol. The van der Waals surface area contributed by atoms with Gasteiger partial charge in [0.25, 0.3) is 0 Å². The van der Waals surface area contributed by atoms with Gasteiger partial charge in [-0.3, -0.25) is 14.9 Å². The van der Waals surface area contributed by atoms with Gasteiger partial charge in [0, 0.05) is 26.1 Å². The average molecular weight is 353 g/mol. The maximum absolute atomic E-state index is 10.7. The Hall–Kier alpha value is -2.28. The van der Waals surface area contributed by atoms with E-state index in [0.717, 1.165) is 6.54 Å². The fourth-order valence-electron chi connectivity index (χ4n) is 1.30. The molecule has 9 N–H and O–H groups in total. The molecule has 0 aliphatic carbocycles. The maximum Gasteiger partial charge on any atom is 0.332 e. The summed E-state index contributed by atoms with van der Waals surface area (Å²) in [6.07, 6.45) is -0.933. The SMILES string of the molecule is NCCNCCO.O=C(O)CC[C@H](NC(C(=O)O)C(=O)O)C(=O)O. The molecular formula is C12H23N3O9. The zero-order chi connectivity index (χ0) is 19.1. The lowest BCUT2D eigenvalue weighted by Gasteiger charge is -2.16. The highest BCUT2D eigenvalue weighted by molar-refractivity contribution is 5.97. The minimum absolute atomic E-state index is 0.194. The smallest absolute Gasteiger partial charge is 0.332 e. The number of hydrogen-bond acceptors (Lipinski definition) is 8. The third-order valence-corrected chi connectivity index (χ3v) is 2.42. The normalized spacial score (nSPS) is 11.3. The average Bonchev–Trinajstić information content (AvgIpc) is 2.47. The first-order valence-corrected chi connectivity index (χ1v) is 6.85. The van der Waals surface area contributed by atoms with Crippen molar-refractivity contribution < 1.29 is 44.7 Å².